The third-order valence-electron chi connectivity index (χ3n) is 2.46. The average Bonchev–Trinajstić information content (AvgIpc) is 2.30. The van der Waals surface area contributed by atoms with Gasteiger partial charge in [0.1, 0.15) is 0 Å². The van der Waals surface area contributed by atoms with Gasteiger partial charge in [-0.1, -0.05) is 24.3 Å². The van der Waals surface area contributed by atoms with Crippen LogP contribution in [0.2, 0.25) is 0 Å². The molecule has 1 aromatic carbocycles. The maximum Gasteiger partial charge on any atom is 0.159 e. The van der Waals surface area contributed by atoms with Crippen molar-refractivity contribution >= 4 is 0 Å². The minimum absolute atomic E-state index is 0.765. The van der Waals surface area contributed by atoms with Gasteiger partial charge in [0.25, 0.3) is 0 Å². The topological polar surface area (TPSA) is 37.8 Å². The highest BCUT2D eigenvalue weighted by molar-refractivity contribution is 5.59. The maximum absolute atomic E-state index is 4.52. The summed E-state index contributed by atoms with van der Waals surface area (Å²) in [6.45, 7) is 2.84. The Morgan fingerprint density at radius 2 is 2.00 bits per heavy atom. The van der Waals surface area contributed by atoms with Crippen LogP contribution < -0.4 is 5.32 Å². The first-order valence-corrected chi connectivity index (χ1v) is 5.34. The second-order valence-corrected chi connectivity index (χ2v) is 3.72. The zero-order valence-electron chi connectivity index (χ0n) is 9.57. The molecule has 1 N–H and O–H groups in total. The van der Waals surface area contributed by atoms with Crippen molar-refractivity contribution in [3.63, 3.8) is 0 Å². The average molecular weight is 213 g/mol. The van der Waals surface area contributed by atoms with E-state index in [0.717, 1.165) is 23.6 Å². The fraction of sp³-hybridized carbons (Fsp3) is 0.231. The summed E-state index contributed by atoms with van der Waals surface area (Å²) in [4.78, 5) is 8.83. The summed E-state index contributed by atoms with van der Waals surface area (Å²) in [5, 5.41) is 3.09. The molecule has 3 heteroatoms. The van der Waals surface area contributed by atoms with Gasteiger partial charge in [-0.3, -0.25) is 0 Å². The number of benzene rings is 1. The first-order chi connectivity index (χ1) is 7.81. The minimum Gasteiger partial charge on any atom is -0.314 e. The molecule has 0 bridgehead atoms. The SMILES string of the molecule is CNCc1ccnc(-c2ccccc2C)n1. The van der Waals surface area contributed by atoms with E-state index in [1.807, 2.05) is 31.3 Å². The highest BCUT2D eigenvalue weighted by Gasteiger charge is 2.04. The van der Waals surface area contributed by atoms with Crippen LogP contribution in [-0.4, -0.2) is 17.0 Å². The van der Waals surface area contributed by atoms with Crippen LogP contribution in [0.15, 0.2) is 36.5 Å². The molecule has 16 heavy (non-hydrogen) atoms. The lowest BCUT2D eigenvalue weighted by Crippen LogP contribution is -2.07. The number of hydrogen-bond donors (Lipinski definition) is 1. The van der Waals surface area contributed by atoms with Crippen LogP contribution in [0.5, 0.6) is 0 Å². The summed E-state index contributed by atoms with van der Waals surface area (Å²) in [6, 6.07) is 10.1. The maximum atomic E-state index is 4.52. The lowest BCUT2D eigenvalue weighted by molar-refractivity contribution is 0.787. The fourth-order valence-electron chi connectivity index (χ4n) is 1.63. The molecular weight excluding hydrogens is 198 g/mol. The summed E-state index contributed by atoms with van der Waals surface area (Å²) >= 11 is 0. The second kappa shape index (κ2) is 4.86. The van der Waals surface area contributed by atoms with E-state index >= 15 is 0 Å². The summed E-state index contributed by atoms with van der Waals surface area (Å²) in [6.07, 6.45) is 1.81. The number of rotatable bonds is 3. The van der Waals surface area contributed by atoms with Gasteiger partial charge in [-0.2, -0.15) is 0 Å². The normalized spacial score (nSPS) is 10.4. The van der Waals surface area contributed by atoms with Gasteiger partial charge >= 0.3 is 0 Å². The van der Waals surface area contributed by atoms with Crippen molar-refractivity contribution < 1.29 is 0 Å². The van der Waals surface area contributed by atoms with Gasteiger partial charge in [-0.15, -0.1) is 0 Å². The van der Waals surface area contributed by atoms with Crippen molar-refractivity contribution in [2.24, 2.45) is 0 Å². The Kier molecular flexibility index (Phi) is 3.27. The third kappa shape index (κ3) is 2.25. The quantitative estimate of drug-likeness (QED) is 0.849. The highest BCUT2D eigenvalue weighted by Crippen LogP contribution is 2.18. The lowest BCUT2D eigenvalue weighted by Gasteiger charge is -2.05. The van der Waals surface area contributed by atoms with Gasteiger partial charge in [0.05, 0.1) is 5.69 Å². The molecule has 0 aliphatic heterocycles. The smallest absolute Gasteiger partial charge is 0.159 e. The van der Waals surface area contributed by atoms with E-state index in [1.54, 1.807) is 6.20 Å². The zero-order valence-corrected chi connectivity index (χ0v) is 9.57. The molecule has 3 nitrogen and oxygen atoms in total. The molecule has 0 saturated heterocycles. The van der Waals surface area contributed by atoms with Crippen LogP contribution in [0.25, 0.3) is 11.4 Å². The summed E-state index contributed by atoms with van der Waals surface area (Å²) in [7, 11) is 1.91. The van der Waals surface area contributed by atoms with Crippen molar-refractivity contribution in [2.75, 3.05) is 7.05 Å². The number of nitrogens with one attached hydrogen (secondary N) is 1. The van der Waals surface area contributed by atoms with E-state index in [0.29, 0.717) is 0 Å². The van der Waals surface area contributed by atoms with E-state index in [4.69, 9.17) is 0 Å². The third-order valence-corrected chi connectivity index (χ3v) is 2.46. The molecular formula is C13H15N3. The molecule has 0 aliphatic carbocycles. The monoisotopic (exact) mass is 213 g/mol. The van der Waals surface area contributed by atoms with Crippen LogP contribution in [0.3, 0.4) is 0 Å². The molecule has 82 valence electrons. The summed E-state index contributed by atoms with van der Waals surface area (Å²) < 4.78 is 0. The van der Waals surface area contributed by atoms with Gasteiger partial charge in [0.15, 0.2) is 5.82 Å². The summed E-state index contributed by atoms with van der Waals surface area (Å²) in [5.41, 5.74) is 3.31. The van der Waals surface area contributed by atoms with E-state index < -0.39 is 0 Å². The predicted octanol–water partition coefficient (Wildman–Crippen LogP) is 2.17. The van der Waals surface area contributed by atoms with Crippen LogP contribution in [0.1, 0.15) is 11.3 Å². The zero-order chi connectivity index (χ0) is 11.4. The van der Waals surface area contributed by atoms with Crippen molar-refractivity contribution in [3.05, 3.63) is 47.8 Å². The lowest BCUT2D eigenvalue weighted by atomic mass is 10.1. The number of aromatic nitrogens is 2. The molecule has 0 amide bonds. The van der Waals surface area contributed by atoms with Gasteiger partial charge in [-0.25, -0.2) is 9.97 Å². The second-order valence-electron chi connectivity index (χ2n) is 3.72. The first-order valence-electron chi connectivity index (χ1n) is 5.34. The Morgan fingerprint density at radius 3 is 2.75 bits per heavy atom. The van der Waals surface area contributed by atoms with Gasteiger partial charge in [0.2, 0.25) is 0 Å². The Labute approximate surface area is 95.6 Å². The molecule has 0 atom stereocenters. The predicted molar refractivity (Wildman–Crippen MR) is 65.0 cm³/mol. The summed E-state index contributed by atoms with van der Waals surface area (Å²) in [5.74, 6) is 0.797. The molecule has 1 heterocycles. The van der Waals surface area contributed by atoms with Crippen molar-refractivity contribution in [1.82, 2.24) is 15.3 Å². The van der Waals surface area contributed by atoms with Crippen molar-refractivity contribution in [3.8, 4) is 11.4 Å². The molecule has 0 unspecified atom stereocenters. The standard InChI is InChI=1S/C13H15N3/c1-10-5-3-4-6-12(10)13-15-8-7-11(16-13)9-14-2/h3-8,14H,9H2,1-2H3. The van der Waals surface area contributed by atoms with Crippen LogP contribution >= 0.6 is 0 Å². The van der Waals surface area contributed by atoms with Crippen molar-refractivity contribution in [2.45, 2.75) is 13.5 Å². The molecule has 1 aromatic heterocycles. The Hall–Kier alpha value is -1.74. The van der Waals surface area contributed by atoms with Gasteiger partial charge < -0.3 is 5.32 Å². The first kappa shape index (κ1) is 10.8. The van der Waals surface area contributed by atoms with E-state index in [9.17, 15) is 0 Å². The highest BCUT2D eigenvalue weighted by atomic mass is 14.9. The fourth-order valence-corrected chi connectivity index (χ4v) is 1.63. The van der Waals surface area contributed by atoms with Crippen LogP contribution in [-0.2, 0) is 6.54 Å². The molecule has 0 radical (unpaired) electrons. The largest absolute Gasteiger partial charge is 0.314 e. The van der Waals surface area contributed by atoms with Crippen molar-refractivity contribution in [1.29, 1.82) is 0 Å². The number of nitrogens with zero attached hydrogens (tertiary/aromatic N) is 2. The Morgan fingerprint density at radius 1 is 1.19 bits per heavy atom. The van der Waals surface area contributed by atoms with Crippen LogP contribution in [0, 0.1) is 6.92 Å². The molecule has 0 fully saturated rings. The Bertz CT molecular complexity index is 480. The van der Waals surface area contributed by atoms with E-state index in [-0.39, 0.29) is 0 Å². The van der Waals surface area contributed by atoms with E-state index in [1.165, 1.54) is 5.56 Å². The number of aryl methyl sites for hydroxylation is 1. The minimum atomic E-state index is 0.765. The molecule has 0 aliphatic rings. The number of hydrogen-bond acceptors (Lipinski definition) is 3. The van der Waals surface area contributed by atoms with Crippen LogP contribution in [0.4, 0.5) is 0 Å². The van der Waals surface area contributed by atoms with E-state index in [2.05, 4.69) is 28.3 Å². The molecule has 0 saturated carbocycles. The molecule has 2 rings (SSSR count). The molecule has 0 spiro atoms. The van der Waals surface area contributed by atoms with Gasteiger partial charge in [-0.05, 0) is 25.6 Å². The van der Waals surface area contributed by atoms with Gasteiger partial charge in [0, 0.05) is 18.3 Å². The molecule has 2 aromatic rings. The Balaban J connectivity index is 2.40.